The minimum atomic E-state index is -1.83. The van der Waals surface area contributed by atoms with E-state index in [1.807, 2.05) is 60.7 Å². The van der Waals surface area contributed by atoms with Gasteiger partial charge in [0.15, 0.2) is 0 Å². The molecule has 0 heterocycles. The predicted molar refractivity (Wildman–Crippen MR) is 256 cm³/mol. The topological polar surface area (TPSA) is 239 Å². The zero-order valence-electron chi connectivity index (χ0n) is 41.0. The Morgan fingerprint density at radius 2 is 1.12 bits per heavy atom. The molecule has 374 valence electrons. The standard InChI is InChI=1S/C51H68N6O12/c1-10-34(2)44(54-49(66)67-33-38-24-18-13-19-25-38)47(64)52-39(26-29-42(61)68-50(4,5)6)46(63)53-45(35(3)58)48(65)55-57(32-43(62)69-51(7,8)9)41(60)28-27-40(59)56(30-36-20-14-11-15-21-36)31-37-22-16-12-17-23-37/h11-25,27-28,34-35,39,44-45,58H,10,26,29-33H2,1-9H3,(H,52,64)(H,53,63)(H,54,66)(H,55,65)/b28-27+/t34-,35+,39-,44-,45-/m0/s1. The van der Waals surface area contributed by atoms with Crippen molar-refractivity contribution in [3.8, 4) is 0 Å². The summed E-state index contributed by atoms with van der Waals surface area (Å²) in [5.74, 6) is -6.75. The molecule has 0 saturated carbocycles. The van der Waals surface area contributed by atoms with E-state index in [2.05, 4.69) is 21.4 Å². The molecule has 0 aliphatic heterocycles. The number of esters is 2. The van der Waals surface area contributed by atoms with Crippen LogP contribution in [0.2, 0.25) is 0 Å². The quantitative estimate of drug-likeness (QED) is 0.0396. The van der Waals surface area contributed by atoms with Crippen molar-refractivity contribution in [3.05, 3.63) is 120 Å². The number of ether oxygens (including phenoxy) is 3. The van der Waals surface area contributed by atoms with E-state index in [0.29, 0.717) is 17.0 Å². The summed E-state index contributed by atoms with van der Waals surface area (Å²) in [4.78, 5) is 110. The number of carbonyl (C=O) groups is 8. The van der Waals surface area contributed by atoms with E-state index in [0.717, 1.165) is 23.3 Å². The summed E-state index contributed by atoms with van der Waals surface area (Å²) in [6.07, 6.45) is -0.991. The molecule has 0 fully saturated rings. The van der Waals surface area contributed by atoms with Crippen molar-refractivity contribution < 1.29 is 57.7 Å². The number of hydrazine groups is 1. The van der Waals surface area contributed by atoms with Gasteiger partial charge in [-0.05, 0) is 77.5 Å². The Kier molecular flexibility index (Phi) is 22.1. The molecule has 5 N–H and O–H groups in total. The predicted octanol–water partition coefficient (Wildman–Crippen LogP) is 4.79. The molecule has 3 aromatic rings. The molecule has 3 rings (SSSR count). The van der Waals surface area contributed by atoms with Crippen LogP contribution < -0.4 is 21.4 Å². The average Bonchev–Trinajstić information content (AvgIpc) is 3.28. The Hall–Kier alpha value is -7.08. The van der Waals surface area contributed by atoms with E-state index in [1.54, 1.807) is 85.7 Å². The van der Waals surface area contributed by atoms with Crippen LogP contribution in [0, 0.1) is 5.92 Å². The largest absolute Gasteiger partial charge is 0.460 e. The van der Waals surface area contributed by atoms with Crippen LogP contribution in [0.3, 0.4) is 0 Å². The van der Waals surface area contributed by atoms with E-state index in [9.17, 15) is 43.5 Å². The van der Waals surface area contributed by atoms with Crippen molar-refractivity contribution in [3.63, 3.8) is 0 Å². The van der Waals surface area contributed by atoms with Crippen LogP contribution in [0.1, 0.15) is 98.3 Å². The number of alkyl carbamates (subject to hydrolysis) is 1. The molecule has 3 aromatic carbocycles. The third-order valence-corrected chi connectivity index (χ3v) is 10.1. The third-order valence-electron chi connectivity index (χ3n) is 10.1. The fraction of sp³-hybridized carbons (Fsp3) is 0.451. The van der Waals surface area contributed by atoms with Gasteiger partial charge in [0.2, 0.25) is 17.7 Å². The van der Waals surface area contributed by atoms with E-state index < -0.39 is 95.5 Å². The van der Waals surface area contributed by atoms with Gasteiger partial charge >= 0.3 is 18.0 Å². The number of nitrogens with one attached hydrogen (secondary N) is 4. The van der Waals surface area contributed by atoms with Gasteiger partial charge in [0, 0.05) is 31.7 Å². The van der Waals surface area contributed by atoms with Gasteiger partial charge in [-0.15, -0.1) is 0 Å². The van der Waals surface area contributed by atoms with Crippen molar-refractivity contribution in [2.24, 2.45) is 5.92 Å². The SMILES string of the molecule is CC[C@H](C)[C@H](NC(=O)OCc1ccccc1)C(=O)N[C@@H](CCC(=O)OC(C)(C)C)C(=O)N[C@H](C(=O)NN(CC(=O)OC(C)(C)C)C(=O)/C=C/C(=O)N(Cc1ccccc1)Cc1ccccc1)[C@@H](C)O. The van der Waals surface area contributed by atoms with Crippen LogP contribution in [0.15, 0.2) is 103 Å². The Labute approximate surface area is 404 Å². The molecule has 5 atom stereocenters. The van der Waals surface area contributed by atoms with Gasteiger partial charge in [-0.2, -0.15) is 0 Å². The van der Waals surface area contributed by atoms with Gasteiger partial charge in [0.25, 0.3) is 11.8 Å². The molecule has 0 aliphatic rings. The van der Waals surface area contributed by atoms with Crippen LogP contribution in [-0.2, 0) is 67.5 Å². The first-order valence-corrected chi connectivity index (χ1v) is 22.8. The molecule has 0 unspecified atom stereocenters. The van der Waals surface area contributed by atoms with Crippen LogP contribution in [-0.4, -0.2) is 105 Å². The fourth-order valence-electron chi connectivity index (χ4n) is 6.47. The van der Waals surface area contributed by atoms with E-state index in [-0.39, 0.29) is 32.5 Å². The number of hydrogen-bond acceptors (Lipinski definition) is 12. The number of hydrogen-bond donors (Lipinski definition) is 5. The second-order valence-electron chi connectivity index (χ2n) is 18.5. The van der Waals surface area contributed by atoms with Crippen LogP contribution in [0.25, 0.3) is 0 Å². The highest BCUT2D eigenvalue weighted by atomic mass is 16.6. The Bertz CT molecular complexity index is 2170. The molecule has 0 radical (unpaired) electrons. The number of benzene rings is 3. The molecule has 0 spiro atoms. The minimum absolute atomic E-state index is 0.0808. The molecule has 0 aromatic heterocycles. The van der Waals surface area contributed by atoms with Crippen LogP contribution >= 0.6 is 0 Å². The number of aliphatic hydroxyl groups excluding tert-OH is 1. The zero-order valence-corrected chi connectivity index (χ0v) is 41.0. The Morgan fingerprint density at radius 1 is 0.623 bits per heavy atom. The lowest BCUT2D eigenvalue weighted by Crippen LogP contribution is -2.61. The van der Waals surface area contributed by atoms with Gasteiger partial charge in [-0.25, -0.2) is 9.80 Å². The summed E-state index contributed by atoms with van der Waals surface area (Å²) in [7, 11) is 0. The smallest absolute Gasteiger partial charge is 0.408 e. The molecule has 0 bridgehead atoms. The molecule has 6 amide bonds. The summed E-state index contributed by atoms with van der Waals surface area (Å²) >= 11 is 0. The molecule has 18 nitrogen and oxygen atoms in total. The highest BCUT2D eigenvalue weighted by molar-refractivity contribution is 5.99. The Balaban J connectivity index is 1.89. The number of nitrogens with zero attached hydrogens (tertiary/aromatic N) is 2. The first-order valence-electron chi connectivity index (χ1n) is 22.8. The second-order valence-corrected chi connectivity index (χ2v) is 18.5. The molecule has 69 heavy (non-hydrogen) atoms. The van der Waals surface area contributed by atoms with Crippen molar-refractivity contribution in [2.45, 2.75) is 137 Å². The summed E-state index contributed by atoms with van der Waals surface area (Å²) in [5, 5.41) is 19.0. The maximum absolute atomic E-state index is 14.1. The molecular formula is C51H68N6O12. The number of aliphatic hydroxyl groups is 1. The van der Waals surface area contributed by atoms with Crippen molar-refractivity contribution in [1.29, 1.82) is 0 Å². The maximum Gasteiger partial charge on any atom is 0.408 e. The minimum Gasteiger partial charge on any atom is -0.460 e. The van der Waals surface area contributed by atoms with Gasteiger partial charge in [0.1, 0.15) is 42.5 Å². The number of carbonyl (C=O) groups excluding carboxylic acids is 8. The van der Waals surface area contributed by atoms with Crippen LogP contribution in [0.4, 0.5) is 4.79 Å². The van der Waals surface area contributed by atoms with Gasteiger partial charge in [-0.3, -0.25) is 39.0 Å². The van der Waals surface area contributed by atoms with Gasteiger partial charge in [0.05, 0.1) is 6.10 Å². The lowest BCUT2D eigenvalue weighted by Gasteiger charge is -2.29. The second kappa shape index (κ2) is 27.1. The highest BCUT2D eigenvalue weighted by Crippen LogP contribution is 2.15. The van der Waals surface area contributed by atoms with E-state index in [4.69, 9.17) is 14.2 Å². The van der Waals surface area contributed by atoms with Crippen LogP contribution in [0.5, 0.6) is 0 Å². The van der Waals surface area contributed by atoms with E-state index >= 15 is 0 Å². The molecular weight excluding hydrogens is 889 g/mol. The molecule has 0 saturated heterocycles. The average molecular weight is 957 g/mol. The normalized spacial score (nSPS) is 13.6. The number of rotatable bonds is 22. The maximum atomic E-state index is 14.1. The zero-order chi connectivity index (χ0) is 51.3. The lowest BCUT2D eigenvalue weighted by atomic mass is 9.97. The summed E-state index contributed by atoms with van der Waals surface area (Å²) in [6.45, 7) is 13.9. The summed E-state index contributed by atoms with van der Waals surface area (Å²) in [5.41, 5.74) is 2.73. The fourth-order valence-corrected chi connectivity index (χ4v) is 6.47. The monoisotopic (exact) mass is 956 g/mol. The highest BCUT2D eigenvalue weighted by Gasteiger charge is 2.35. The van der Waals surface area contributed by atoms with Gasteiger partial charge in [-0.1, -0.05) is 111 Å². The number of amides is 6. The third kappa shape index (κ3) is 21.2. The van der Waals surface area contributed by atoms with Gasteiger partial charge < -0.3 is 40.2 Å². The lowest BCUT2D eigenvalue weighted by molar-refractivity contribution is -0.161. The summed E-state index contributed by atoms with van der Waals surface area (Å²) in [6, 6.07) is 22.7. The van der Waals surface area contributed by atoms with Crippen molar-refractivity contribution in [1.82, 2.24) is 31.3 Å². The first-order chi connectivity index (χ1) is 32.4. The molecule has 0 aliphatic carbocycles. The van der Waals surface area contributed by atoms with Crippen molar-refractivity contribution >= 4 is 47.6 Å². The van der Waals surface area contributed by atoms with Crippen molar-refractivity contribution in [2.75, 3.05) is 6.54 Å². The molecule has 18 heteroatoms. The Morgan fingerprint density at radius 3 is 1.61 bits per heavy atom. The summed E-state index contributed by atoms with van der Waals surface area (Å²) < 4.78 is 16.2. The van der Waals surface area contributed by atoms with E-state index in [1.165, 1.54) is 11.8 Å². The first kappa shape index (κ1) is 56.2.